The van der Waals surface area contributed by atoms with E-state index in [1.807, 2.05) is 31.2 Å². The molecule has 0 saturated heterocycles. The van der Waals surface area contributed by atoms with E-state index in [9.17, 15) is 13.2 Å². The number of halogens is 1. The van der Waals surface area contributed by atoms with Gasteiger partial charge in [0.25, 0.3) is 5.91 Å². The van der Waals surface area contributed by atoms with Crippen LogP contribution in [0.15, 0.2) is 55.3 Å². The van der Waals surface area contributed by atoms with Crippen LogP contribution in [0.3, 0.4) is 0 Å². The van der Waals surface area contributed by atoms with Crippen molar-refractivity contribution in [3.05, 3.63) is 46.6 Å². The highest BCUT2D eigenvalue weighted by molar-refractivity contribution is 9.10. The molecule has 1 aromatic carbocycles. The number of thioether (sulfide) groups is 1. The molecular formula is C15H16BrNO4S2. The summed E-state index contributed by atoms with van der Waals surface area (Å²) in [5, 5.41) is 2.69. The van der Waals surface area contributed by atoms with E-state index in [-0.39, 0.29) is 16.1 Å². The van der Waals surface area contributed by atoms with Crippen molar-refractivity contribution >= 4 is 43.4 Å². The van der Waals surface area contributed by atoms with E-state index in [2.05, 4.69) is 21.2 Å². The van der Waals surface area contributed by atoms with Gasteiger partial charge in [-0.1, -0.05) is 22.9 Å². The minimum absolute atomic E-state index is 0.00809. The second-order valence-electron chi connectivity index (χ2n) is 4.98. The molecule has 1 unspecified atom stereocenters. The lowest BCUT2D eigenvalue weighted by atomic mass is 10.4. The SMILES string of the molecule is CC(CNC(=O)c1ccc(S(C)(=O)=O)o1)Sc1ccc(Br)cc1. The maximum absolute atomic E-state index is 12.0. The molecule has 0 saturated carbocycles. The fourth-order valence-electron chi connectivity index (χ4n) is 1.75. The van der Waals surface area contributed by atoms with E-state index in [4.69, 9.17) is 4.42 Å². The van der Waals surface area contributed by atoms with Crippen molar-refractivity contribution < 1.29 is 17.6 Å². The monoisotopic (exact) mass is 417 g/mol. The van der Waals surface area contributed by atoms with Gasteiger partial charge in [-0.3, -0.25) is 4.79 Å². The number of benzene rings is 1. The van der Waals surface area contributed by atoms with Crippen molar-refractivity contribution in [2.45, 2.75) is 22.2 Å². The van der Waals surface area contributed by atoms with E-state index in [0.29, 0.717) is 6.54 Å². The smallest absolute Gasteiger partial charge is 0.287 e. The quantitative estimate of drug-likeness (QED) is 0.729. The second-order valence-corrected chi connectivity index (χ2v) is 9.36. The summed E-state index contributed by atoms with van der Waals surface area (Å²) in [5.74, 6) is -0.436. The predicted molar refractivity (Wildman–Crippen MR) is 93.6 cm³/mol. The van der Waals surface area contributed by atoms with Crippen molar-refractivity contribution in [2.75, 3.05) is 12.8 Å². The second kappa shape index (κ2) is 7.55. The van der Waals surface area contributed by atoms with Crippen LogP contribution < -0.4 is 5.32 Å². The Labute approximate surface area is 147 Å². The Bertz CT molecular complexity index is 784. The van der Waals surface area contributed by atoms with E-state index < -0.39 is 15.7 Å². The molecule has 0 aliphatic carbocycles. The molecule has 1 aromatic heterocycles. The molecule has 0 aliphatic rings. The van der Waals surface area contributed by atoms with Crippen molar-refractivity contribution in [2.24, 2.45) is 0 Å². The average Bonchev–Trinajstić information content (AvgIpc) is 2.97. The van der Waals surface area contributed by atoms with Crippen molar-refractivity contribution in [3.8, 4) is 0 Å². The van der Waals surface area contributed by atoms with Gasteiger partial charge in [-0.05, 0) is 36.4 Å². The summed E-state index contributed by atoms with van der Waals surface area (Å²) in [7, 11) is -3.45. The summed E-state index contributed by atoms with van der Waals surface area (Å²) >= 11 is 5.02. The summed E-state index contributed by atoms with van der Waals surface area (Å²) in [6.07, 6.45) is 1.03. The van der Waals surface area contributed by atoms with Crippen LogP contribution in [0, 0.1) is 0 Å². The molecule has 0 radical (unpaired) electrons. The minimum Gasteiger partial charge on any atom is -0.440 e. The van der Waals surface area contributed by atoms with Crippen molar-refractivity contribution in [1.82, 2.24) is 5.32 Å². The molecule has 0 aliphatic heterocycles. The number of sulfone groups is 1. The molecule has 124 valence electrons. The maximum Gasteiger partial charge on any atom is 0.287 e. The van der Waals surface area contributed by atoms with Crippen LogP contribution in [0.25, 0.3) is 0 Å². The molecule has 0 spiro atoms. The summed E-state index contributed by atoms with van der Waals surface area (Å²) in [5.41, 5.74) is 0. The standard InChI is InChI=1S/C15H16BrNO4S2/c1-10(22-12-5-3-11(16)4-6-12)9-17-15(18)13-7-8-14(21-13)23(2,19)20/h3-8,10H,9H2,1-2H3,(H,17,18). The largest absolute Gasteiger partial charge is 0.440 e. The van der Waals surface area contributed by atoms with Gasteiger partial charge in [0.2, 0.25) is 14.9 Å². The highest BCUT2D eigenvalue weighted by Crippen LogP contribution is 2.24. The Kier molecular flexibility index (Phi) is 5.94. The van der Waals surface area contributed by atoms with Crippen LogP contribution in [-0.4, -0.2) is 32.4 Å². The lowest BCUT2D eigenvalue weighted by Gasteiger charge is -2.11. The number of furan rings is 1. The van der Waals surface area contributed by atoms with Crippen LogP contribution in [0.1, 0.15) is 17.5 Å². The average molecular weight is 418 g/mol. The number of hydrogen-bond acceptors (Lipinski definition) is 5. The summed E-state index contributed by atoms with van der Waals surface area (Å²) < 4.78 is 28.7. The van der Waals surface area contributed by atoms with Crippen LogP contribution in [0.2, 0.25) is 0 Å². The zero-order valence-electron chi connectivity index (χ0n) is 12.6. The van der Waals surface area contributed by atoms with E-state index in [1.54, 1.807) is 11.8 Å². The van der Waals surface area contributed by atoms with Gasteiger partial charge < -0.3 is 9.73 Å². The Morgan fingerprint density at radius 3 is 2.48 bits per heavy atom. The van der Waals surface area contributed by atoms with Gasteiger partial charge in [0, 0.05) is 27.4 Å². The third kappa shape index (κ3) is 5.40. The van der Waals surface area contributed by atoms with E-state index >= 15 is 0 Å². The van der Waals surface area contributed by atoms with Crippen LogP contribution >= 0.6 is 27.7 Å². The number of rotatable bonds is 6. The highest BCUT2D eigenvalue weighted by Gasteiger charge is 2.17. The number of hydrogen-bond donors (Lipinski definition) is 1. The molecule has 0 bridgehead atoms. The summed E-state index contributed by atoms with van der Waals surface area (Å²) in [6, 6.07) is 10.6. The molecule has 1 amide bonds. The topological polar surface area (TPSA) is 76.4 Å². The number of carbonyl (C=O) groups is 1. The van der Waals surface area contributed by atoms with Gasteiger partial charge in [-0.15, -0.1) is 11.8 Å². The molecule has 1 heterocycles. The van der Waals surface area contributed by atoms with Gasteiger partial charge in [0.05, 0.1) is 0 Å². The van der Waals surface area contributed by atoms with Crippen LogP contribution in [0.4, 0.5) is 0 Å². The Hall–Kier alpha value is -1.25. The predicted octanol–water partition coefficient (Wildman–Crippen LogP) is 3.36. The normalized spacial score (nSPS) is 12.8. The van der Waals surface area contributed by atoms with Crippen molar-refractivity contribution in [3.63, 3.8) is 0 Å². The first-order chi connectivity index (χ1) is 10.8. The van der Waals surface area contributed by atoms with Crippen molar-refractivity contribution in [1.29, 1.82) is 0 Å². The molecule has 23 heavy (non-hydrogen) atoms. The number of carbonyl (C=O) groups excluding carboxylic acids is 1. The number of amides is 1. The zero-order chi connectivity index (χ0) is 17.0. The molecule has 1 atom stereocenters. The molecule has 0 fully saturated rings. The van der Waals surface area contributed by atoms with Gasteiger partial charge in [-0.25, -0.2) is 8.42 Å². The zero-order valence-corrected chi connectivity index (χ0v) is 15.8. The van der Waals surface area contributed by atoms with Gasteiger partial charge in [-0.2, -0.15) is 0 Å². The Morgan fingerprint density at radius 2 is 1.91 bits per heavy atom. The lowest BCUT2D eigenvalue weighted by molar-refractivity contribution is 0.0921. The molecule has 8 heteroatoms. The Morgan fingerprint density at radius 1 is 1.26 bits per heavy atom. The first-order valence-corrected chi connectivity index (χ1v) is 10.3. The van der Waals surface area contributed by atoms with Crippen LogP contribution in [0.5, 0.6) is 0 Å². The fourth-order valence-corrected chi connectivity index (χ4v) is 3.50. The molecular weight excluding hydrogens is 402 g/mol. The van der Waals surface area contributed by atoms with Gasteiger partial charge in [0.15, 0.2) is 5.76 Å². The molecule has 1 N–H and O–H groups in total. The van der Waals surface area contributed by atoms with E-state index in [1.165, 1.54) is 12.1 Å². The maximum atomic E-state index is 12.0. The lowest BCUT2D eigenvalue weighted by Crippen LogP contribution is -2.29. The third-order valence-corrected chi connectivity index (χ3v) is 5.46. The summed E-state index contributed by atoms with van der Waals surface area (Å²) in [4.78, 5) is 13.1. The Balaban J connectivity index is 1.88. The first-order valence-electron chi connectivity index (χ1n) is 6.76. The highest BCUT2D eigenvalue weighted by atomic mass is 79.9. The van der Waals surface area contributed by atoms with Crippen LogP contribution in [-0.2, 0) is 9.84 Å². The first kappa shape index (κ1) is 18.1. The summed E-state index contributed by atoms with van der Waals surface area (Å²) in [6.45, 7) is 2.44. The minimum atomic E-state index is -3.45. The fraction of sp³-hybridized carbons (Fsp3) is 0.267. The van der Waals surface area contributed by atoms with Gasteiger partial charge >= 0.3 is 0 Å². The van der Waals surface area contributed by atoms with Gasteiger partial charge in [0.1, 0.15) is 0 Å². The molecule has 2 aromatic rings. The number of nitrogens with one attached hydrogen (secondary N) is 1. The molecule has 2 rings (SSSR count). The molecule has 5 nitrogen and oxygen atoms in total. The van der Waals surface area contributed by atoms with E-state index in [0.717, 1.165) is 15.6 Å². The third-order valence-electron chi connectivity index (χ3n) is 2.87.